The SMILES string of the molecule is CC(C)NC(=O)c1nn(C)c(=O)c2ccccc12. The zero-order chi connectivity index (χ0) is 13.3. The summed E-state index contributed by atoms with van der Waals surface area (Å²) in [7, 11) is 1.54. The van der Waals surface area contributed by atoms with Gasteiger partial charge in [0.15, 0.2) is 5.69 Å². The lowest BCUT2D eigenvalue weighted by Gasteiger charge is -2.10. The molecule has 0 aliphatic rings. The molecule has 5 nitrogen and oxygen atoms in total. The molecule has 1 aromatic carbocycles. The molecule has 0 saturated carbocycles. The number of carbonyl (C=O) groups excluding carboxylic acids is 1. The second-order valence-electron chi connectivity index (χ2n) is 4.45. The zero-order valence-electron chi connectivity index (χ0n) is 10.6. The molecule has 0 saturated heterocycles. The van der Waals surface area contributed by atoms with Crippen molar-refractivity contribution in [1.82, 2.24) is 15.1 Å². The first-order valence-electron chi connectivity index (χ1n) is 5.77. The summed E-state index contributed by atoms with van der Waals surface area (Å²) in [5.74, 6) is -0.267. The van der Waals surface area contributed by atoms with Crippen molar-refractivity contribution in [3.05, 3.63) is 40.3 Å². The van der Waals surface area contributed by atoms with E-state index in [2.05, 4.69) is 10.4 Å². The Labute approximate surface area is 104 Å². The fourth-order valence-corrected chi connectivity index (χ4v) is 1.80. The molecule has 1 amide bonds. The van der Waals surface area contributed by atoms with Gasteiger partial charge in [-0.1, -0.05) is 18.2 Å². The topological polar surface area (TPSA) is 64.0 Å². The van der Waals surface area contributed by atoms with E-state index in [1.165, 1.54) is 4.68 Å². The molecule has 0 spiro atoms. The van der Waals surface area contributed by atoms with Crippen LogP contribution in [0.1, 0.15) is 24.3 Å². The lowest BCUT2D eigenvalue weighted by molar-refractivity contribution is 0.0938. The summed E-state index contributed by atoms with van der Waals surface area (Å²) in [6.45, 7) is 3.75. The van der Waals surface area contributed by atoms with E-state index in [9.17, 15) is 9.59 Å². The molecule has 0 aliphatic heterocycles. The van der Waals surface area contributed by atoms with E-state index in [4.69, 9.17) is 0 Å². The summed E-state index contributed by atoms with van der Waals surface area (Å²) < 4.78 is 1.19. The minimum Gasteiger partial charge on any atom is -0.348 e. The molecule has 0 aliphatic carbocycles. The maximum Gasteiger partial charge on any atom is 0.274 e. The molecule has 2 rings (SSSR count). The van der Waals surface area contributed by atoms with Crippen molar-refractivity contribution in [2.75, 3.05) is 0 Å². The lowest BCUT2D eigenvalue weighted by Crippen LogP contribution is -2.33. The predicted octanol–water partition coefficient (Wildman–Crippen LogP) is 1.07. The number of rotatable bonds is 2. The van der Waals surface area contributed by atoms with E-state index in [1.54, 1.807) is 31.3 Å². The Balaban J connectivity index is 2.68. The van der Waals surface area contributed by atoms with Crippen molar-refractivity contribution in [1.29, 1.82) is 0 Å². The van der Waals surface area contributed by atoms with E-state index in [1.807, 2.05) is 13.8 Å². The predicted molar refractivity (Wildman–Crippen MR) is 69.6 cm³/mol. The van der Waals surface area contributed by atoms with Crippen LogP contribution in [0.3, 0.4) is 0 Å². The van der Waals surface area contributed by atoms with Gasteiger partial charge in [-0.25, -0.2) is 4.68 Å². The normalized spacial score (nSPS) is 10.9. The maximum absolute atomic E-state index is 12.0. The highest BCUT2D eigenvalue weighted by molar-refractivity contribution is 6.04. The van der Waals surface area contributed by atoms with Crippen molar-refractivity contribution in [2.24, 2.45) is 7.05 Å². The third-order valence-corrected chi connectivity index (χ3v) is 2.59. The Morgan fingerprint density at radius 3 is 2.50 bits per heavy atom. The number of nitrogens with zero attached hydrogens (tertiary/aromatic N) is 2. The highest BCUT2D eigenvalue weighted by atomic mass is 16.2. The minimum atomic E-state index is -0.267. The number of amides is 1. The first kappa shape index (κ1) is 12.3. The molecule has 94 valence electrons. The van der Waals surface area contributed by atoms with Crippen molar-refractivity contribution in [3.63, 3.8) is 0 Å². The first-order chi connectivity index (χ1) is 8.50. The summed E-state index contributed by atoms with van der Waals surface area (Å²) in [5.41, 5.74) is 0.0769. The molecular formula is C13H15N3O2. The Kier molecular flexibility index (Phi) is 3.14. The van der Waals surface area contributed by atoms with Gasteiger partial charge in [-0.3, -0.25) is 9.59 Å². The number of carbonyl (C=O) groups is 1. The van der Waals surface area contributed by atoms with Gasteiger partial charge in [0.1, 0.15) is 0 Å². The summed E-state index contributed by atoms with van der Waals surface area (Å²) >= 11 is 0. The average Bonchev–Trinajstić information content (AvgIpc) is 2.33. The number of fused-ring (bicyclic) bond motifs is 1. The Morgan fingerprint density at radius 1 is 1.28 bits per heavy atom. The summed E-state index contributed by atoms with van der Waals surface area (Å²) in [6.07, 6.45) is 0. The standard InChI is InChI=1S/C13H15N3O2/c1-8(2)14-12(17)11-9-6-4-5-7-10(9)13(18)16(3)15-11/h4-8H,1-3H3,(H,14,17). The number of hydrogen-bond acceptors (Lipinski definition) is 3. The Morgan fingerprint density at radius 2 is 1.89 bits per heavy atom. The Hall–Kier alpha value is -2.17. The molecule has 18 heavy (non-hydrogen) atoms. The second kappa shape index (κ2) is 4.60. The van der Waals surface area contributed by atoms with Gasteiger partial charge < -0.3 is 5.32 Å². The van der Waals surface area contributed by atoms with Gasteiger partial charge in [0, 0.05) is 18.5 Å². The third kappa shape index (κ3) is 2.11. The monoisotopic (exact) mass is 245 g/mol. The molecule has 1 aromatic heterocycles. The van der Waals surface area contributed by atoms with E-state index >= 15 is 0 Å². The number of aromatic nitrogens is 2. The molecule has 0 unspecified atom stereocenters. The third-order valence-electron chi connectivity index (χ3n) is 2.59. The molecule has 1 N–H and O–H groups in total. The summed E-state index contributed by atoms with van der Waals surface area (Å²) in [6, 6.07) is 7.02. The fraction of sp³-hybridized carbons (Fsp3) is 0.308. The molecule has 1 heterocycles. The average molecular weight is 245 g/mol. The molecule has 0 bridgehead atoms. The molecule has 5 heteroatoms. The van der Waals surface area contributed by atoms with Crippen LogP contribution < -0.4 is 10.9 Å². The van der Waals surface area contributed by atoms with Crippen LogP contribution in [0, 0.1) is 0 Å². The van der Waals surface area contributed by atoms with Gasteiger partial charge in [0.2, 0.25) is 0 Å². The summed E-state index contributed by atoms with van der Waals surface area (Å²) in [5, 5.41) is 7.91. The molecule has 0 atom stereocenters. The number of hydrogen-bond donors (Lipinski definition) is 1. The van der Waals surface area contributed by atoms with Crippen LogP contribution in [-0.4, -0.2) is 21.7 Å². The van der Waals surface area contributed by atoms with Gasteiger partial charge in [-0.2, -0.15) is 5.10 Å². The van der Waals surface area contributed by atoms with Crippen LogP contribution >= 0.6 is 0 Å². The van der Waals surface area contributed by atoms with E-state index < -0.39 is 0 Å². The minimum absolute atomic E-state index is 0.0234. The number of benzene rings is 1. The van der Waals surface area contributed by atoms with Gasteiger partial charge in [0.25, 0.3) is 11.5 Å². The van der Waals surface area contributed by atoms with Gasteiger partial charge in [-0.05, 0) is 19.9 Å². The molecular weight excluding hydrogens is 230 g/mol. The maximum atomic E-state index is 12.0. The van der Waals surface area contributed by atoms with Gasteiger partial charge >= 0.3 is 0 Å². The highest BCUT2D eigenvalue weighted by Crippen LogP contribution is 2.12. The van der Waals surface area contributed by atoms with Crippen LogP contribution in [0.15, 0.2) is 29.1 Å². The van der Waals surface area contributed by atoms with Gasteiger partial charge in [-0.15, -0.1) is 0 Å². The number of aryl methyl sites for hydroxylation is 1. The van der Waals surface area contributed by atoms with Crippen molar-refractivity contribution < 1.29 is 4.79 Å². The number of nitrogens with one attached hydrogen (secondary N) is 1. The lowest BCUT2D eigenvalue weighted by atomic mass is 10.1. The zero-order valence-corrected chi connectivity index (χ0v) is 10.6. The Bertz CT molecular complexity index is 659. The van der Waals surface area contributed by atoms with E-state index in [0.717, 1.165) is 0 Å². The summed E-state index contributed by atoms with van der Waals surface area (Å²) in [4.78, 5) is 23.9. The largest absolute Gasteiger partial charge is 0.348 e. The van der Waals surface area contributed by atoms with E-state index in [0.29, 0.717) is 10.8 Å². The molecule has 0 fully saturated rings. The highest BCUT2D eigenvalue weighted by Gasteiger charge is 2.15. The van der Waals surface area contributed by atoms with E-state index in [-0.39, 0.29) is 23.2 Å². The van der Waals surface area contributed by atoms with Crippen molar-refractivity contribution >= 4 is 16.7 Å². The first-order valence-corrected chi connectivity index (χ1v) is 5.77. The van der Waals surface area contributed by atoms with Crippen LogP contribution in [-0.2, 0) is 7.05 Å². The van der Waals surface area contributed by atoms with Crippen LogP contribution in [0.25, 0.3) is 10.8 Å². The fourth-order valence-electron chi connectivity index (χ4n) is 1.80. The van der Waals surface area contributed by atoms with Crippen molar-refractivity contribution in [3.8, 4) is 0 Å². The quantitative estimate of drug-likeness (QED) is 0.860. The van der Waals surface area contributed by atoms with Crippen LogP contribution in [0.5, 0.6) is 0 Å². The molecule has 0 radical (unpaired) electrons. The van der Waals surface area contributed by atoms with Crippen LogP contribution in [0.4, 0.5) is 0 Å². The smallest absolute Gasteiger partial charge is 0.274 e. The van der Waals surface area contributed by atoms with Crippen molar-refractivity contribution in [2.45, 2.75) is 19.9 Å². The molecule has 2 aromatic rings. The van der Waals surface area contributed by atoms with Gasteiger partial charge in [0.05, 0.1) is 5.39 Å². The second-order valence-corrected chi connectivity index (χ2v) is 4.45. The van der Waals surface area contributed by atoms with Crippen LogP contribution in [0.2, 0.25) is 0 Å².